The average Bonchev–Trinajstić information content (AvgIpc) is 3.69. The molecule has 0 saturated carbocycles. The van der Waals surface area contributed by atoms with Crippen LogP contribution in [0.3, 0.4) is 0 Å². The number of nitrogens with two attached hydrogens (primary N) is 2. The number of nitrogen functional groups attached to an aromatic ring is 2. The van der Waals surface area contributed by atoms with Crippen LogP contribution in [0.4, 0.5) is 11.9 Å². The standard InChI is InChI=1S/C19H24N11O8PS2/c20-17-25-15-12(16(34)26-17)27-28-30(15)19(5-41-11(3-31)13(19)33)38-39(35,40)36-4-10-8(32)1-9(37-10)7-2-24-29-14(7)22-6-23-18(29)21/h2,6,8-11,13,31-33H,1,3-5H2,(H,35,40)(H2,21,22,23)(H3,20,25,26,34)/t8-,9+,10+,11+,13+,19+,39?/m0/s1. The minimum atomic E-state index is -4.37. The molecule has 2 fully saturated rings. The fourth-order valence-corrected chi connectivity index (χ4v) is 7.85. The van der Waals surface area contributed by atoms with Crippen molar-refractivity contribution in [3.63, 3.8) is 0 Å². The minimum absolute atomic E-state index is 0.107. The van der Waals surface area contributed by atoms with Gasteiger partial charge in [0.1, 0.15) is 18.5 Å². The van der Waals surface area contributed by atoms with E-state index in [1.54, 1.807) is 0 Å². The lowest BCUT2D eigenvalue weighted by Crippen LogP contribution is -2.49. The number of hydrogen-bond donors (Lipinski definition) is 7. The summed E-state index contributed by atoms with van der Waals surface area (Å²) in [5.74, 6) is -0.238. The van der Waals surface area contributed by atoms with Gasteiger partial charge in [0.15, 0.2) is 16.8 Å². The van der Waals surface area contributed by atoms with E-state index in [0.717, 1.165) is 16.4 Å². The van der Waals surface area contributed by atoms with Gasteiger partial charge in [0, 0.05) is 17.7 Å². The van der Waals surface area contributed by atoms with Gasteiger partial charge in [-0.05, 0) is 0 Å². The number of nitrogens with zero attached hydrogens (tertiary/aromatic N) is 8. The fraction of sp³-hybridized carbons (Fsp3) is 0.526. The van der Waals surface area contributed by atoms with Crippen molar-refractivity contribution in [2.75, 3.05) is 30.4 Å². The molecule has 7 atom stereocenters. The Hall–Kier alpha value is -2.88. The van der Waals surface area contributed by atoms with Crippen LogP contribution >= 0.6 is 30.8 Å². The van der Waals surface area contributed by atoms with Crippen LogP contribution in [-0.4, -0.2) is 102 Å². The van der Waals surface area contributed by atoms with E-state index in [9.17, 15) is 24.7 Å². The zero-order chi connectivity index (χ0) is 29.1. The predicted molar refractivity (Wildman–Crippen MR) is 145 cm³/mol. The summed E-state index contributed by atoms with van der Waals surface area (Å²) in [6.07, 6.45) is -1.19. The van der Waals surface area contributed by atoms with E-state index < -0.39 is 61.0 Å². The summed E-state index contributed by atoms with van der Waals surface area (Å²) in [7, 11) is 0. The molecule has 0 amide bonds. The van der Waals surface area contributed by atoms with Gasteiger partial charge in [-0.15, -0.1) is 16.9 Å². The van der Waals surface area contributed by atoms with Gasteiger partial charge in [-0.1, -0.05) is 17.5 Å². The van der Waals surface area contributed by atoms with Crippen LogP contribution in [0.1, 0.15) is 18.1 Å². The minimum Gasteiger partial charge on any atom is -0.395 e. The molecule has 6 heterocycles. The molecule has 1 unspecified atom stereocenters. The molecule has 220 valence electrons. The van der Waals surface area contributed by atoms with Crippen molar-refractivity contribution in [2.24, 2.45) is 0 Å². The van der Waals surface area contributed by atoms with E-state index in [1.165, 1.54) is 17.0 Å². The first kappa shape index (κ1) is 28.2. The summed E-state index contributed by atoms with van der Waals surface area (Å²) in [5.41, 5.74) is 9.43. The number of rotatable bonds is 8. The second-order valence-corrected chi connectivity index (χ2v) is 13.4. The van der Waals surface area contributed by atoms with E-state index in [0.29, 0.717) is 11.2 Å². The van der Waals surface area contributed by atoms with Crippen LogP contribution in [0.2, 0.25) is 0 Å². The Morgan fingerprint density at radius 3 is 2.88 bits per heavy atom. The normalized spacial score (nSPS) is 29.9. The molecule has 2 aliphatic rings. The first-order chi connectivity index (χ1) is 19.5. The summed E-state index contributed by atoms with van der Waals surface area (Å²) in [6.45, 7) is -5.24. The Morgan fingerprint density at radius 1 is 1.32 bits per heavy atom. The molecule has 6 rings (SSSR count). The van der Waals surface area contributed by atoms with Gasteiger partial charge in [-0.2, -0.15) is 19.3 Å². The highest BCUT2D eigenvalue weighted by Crippen LogP contribution is 2.60. The molecule has 19 nitrogen and oxygen atoms in total. The van der Waals surface area contributed by atoms with Gasteiger partial charge in [0.05, 0.1) is 36.9 Å². The summed E-state index contributed by atoms with van der Waals surface area (Å²) >= 11 is 5.19. The lowest BCUT2D eigenvalue weighted by atomic mass is 10.1. The third-order valence-corrected chi connectivity index (χ3v) is 9.82. The number of fused-ring (bicyclic) bond motifs is 2. The van der Waals surface area contributed by atoms with Crippen molar-refractivity contribution < 1.29 is 33.7 Å². The Balaban J connectivity index is 1.23. The van der Waals surface area contributed by atoms with Crippen molar-refractivity contribution in [1.29, 1.82) is 0 Å². The van der Waals surface area contributed by atoms with Crippen molar-refractivity contribution in [2.45, 2.75) is 41.8 Å². The number of nitrogens with one attached hydrogen (secondary N) is 1. The quantitative estimate of drug-likeness (QED) is 0.0836. The number of aromatic amines is 1. The maximum Gasteiger partial charge on any atom is 0.388 e. The molecule has 0 bridgehead atoms. The molecule has 0 aliphatic carbocycles. The fourth-order valence-electron chi connectivity index (χ4n) is 4.80. The number of anilines is 2. The maximum absolute atomic E-state index is 13.5. The molecule has 0 spiro atoms. The van der Waals surface area contributed by atoms with Crippen LogP contribution in [-0.2, 0) is 24.1 Å². The van der Waals surface area contributed by atoms with E-state index in [-0.39, 0.29) is 35.2 Å². The molecule has 22 heteroatoms. The molecular formula is C19H24N11O8PS2. The highest BCUT2D eigenvalue weighted by molar-refractivity contribution is 8.44. The smallest absolute Gasteiger partial charge is 0.388 e. The summed E-state index contributed by atoms with van der Waals surface area (Å²) in [4.78, 5) is 26.7. The van der Waals surface area contributed by atoms with E-state index in [4.69, 9.17) is 25.3 Å². The number of thiol groups is 1. The Bertz CT molecular complexity index is 1720. The zero-order valence-corrected chi connectivity index (χ0v) is 23.4. The molecule has 4 aromatic rings. The van der Waals surface area contributed by atoms with Crippen molar-refractivity contribution in [3.05, 3.63) is 28.4 Å². The average molecular weight is 630 g/mol. The second-order valence-electron chi connectivity index (χ2n) is 9.34. The number of H-pyrrole nitrogens is 1. The molecule has 0 aromatic carbocycles. The first-order valence-electron chi connectivity index (χ1n) is 12.0. The van der Waals surface area contributed by atoms with Gasteiger partial charge in [0.25, 0.3) is 5.56 Å². The SMILES string of the molecule is Nc1nc2c(nnn2[C@@]2(OP(=O)(S)OC[C@H]3O[C@@H](c4cnn5c(N)ncnc45)C[C@@H]3O)CS[C@H](CO)[C@H]2O)c(=O)[nH]1. The van der Waals surface area contributed by atoms with Gasteiger partial charge in [0.2, 0.25) is 17.6 Å². The van der Waals surface area contributed by atoms with Crippen LogP contribution in [0.25, 0.3) is 16.8 Å². The first-order valence-corrected chi connectivity index (χ1v) is 15.8. The second kappa shape index (κ2) is 10.4. The number of aliphatic hydroxyl groups excluding tert-OH is 3. The molecule has 2 aliphatic heterocycles. The maximum atomic E-state index is 13.5. The molecule has 0 radical (unpaired) electrons. The third-order valence-electron chi connectivity index (χ3n) is 6.79. The van der Waals surface area contributed by atoms with Crippen LogP contribution in [0, 0.1) is 0 Å². The molecule has 8 N–H and O–H groups in total. The van der Waals surface area contributed by atoms with Gasteiger partial charge in [-0.25, -0.2) is 14.5 Å². The lowest BCUT2D eigenvalue weighted by molar-refractivity contribution is -0.104. The highest BCUT2D eigenvalue weighted by atomic mass is 32.7. The Kier molecular flexibility index (Phi) is 7.19. The van der Waals surface area contributed by atoms with Gasteiger partial charge >= 0.3 is 6.80 Å². The zero-order valence-electron chi connectivity index (χ0n) is 20.8. The van der Waals surface area contributed by atoms with E-state index >= 15 is 0 Å². The molecule has 4 aromatic heterocycles. The number of hydrogen-bond acceptors (Lipinski definition) is 17. The van der Waals surface area contributed by atoms with Crippen molar-refractivity contribution in [1.82, 2.24) is 44.5 Å². The summed E-state index contributed by atoms with van der Waals surface area (Å²) in [6, 6.07) is 0. The molecule has 41 heavy (non-hydrogen) atoms. The lowest BCUT2D eigenvalue weighted by Gasteiger charge is -2.34. The Morgan fingerprint density at radius 2 is 2.12 bits per heavy atom. The van der Waals surface area contributed by atoms with Crippen LogP contribution in [0.15, 0.2) is 17.3 Å². The van der Waals surface area contributed by atoms with Gasteiger partial charge < -0.3 is 31.5 Å². The van der Waals surface area contributed by atoms with E-state index in [2.05, 4.69) is 47.6 Å². The highest BCUT2D eigenvalue weighted by Gasteiger charge is 2.56. The largest absolute Gasteiger partial charge is 0.395 e. The molecule has 2 saturated heterocycles. The summed E-state index contributed by atoms with van der Waals surface area (Å²) in [5, 5.41) is 42.7. The van der Waals surface area contributed by atoms with Crippen molar-refractivity contribution >= 4 is 59.5 Å². The molecular weight excluding hydrogens is 605 g/mol. The summed E-state index contributed by atoms with van der Waals surface area (Å²) < 4.78 is 33.1. The Labute approximate surface area is 238 Å². The van der Waals surface area contributed by atoms with Gasteiger partial charge in [-0.3, -0.25) is 18.8 Å². The number of aromatic nitrogens is 9. The monoisotopic (exact) mass is 629 g/mol. The topological polar surface area (TPSA) is 277 Å². The third kappa shape index (κ3) is 4.85. The van der Waals surface area contributed by atoms with E-state index in [1.807, 2.05) is 0 Å². The van der Waals surface area contributed by atoms with Crippen LogP contribution in [0.5, 0.6) is 0 Å². The number of thioether (sulfide) groups is 1. The predicted octanol–water partition coefficient (Wildman–Crippen LogP) is -1.80. The van der Waals surface area contributed by atoms with Crippen molar-refractivity contribution in [3.8, 4) is 0 Å². The van der Waals surface area contributed by atoms with Crippen LogP contribution < -0.4 is 17.0 Å². The number of ether oxygens (including phenoxy) is 1. The number of aliphatic hydroxyl groups is 3.